The van der Waals surface area contributed by atoms with Crippen LogP contribution >= 0.6 is 0 Å². The predicted octanol–water partition coefficient (Wildman–Crippen LogP) is 23.9. The molecule has 6 heteroatoms. The quantitative estimate of drug-likeness (QED) is 0.0261. The lowest BCUT2D eigenvalue weighted by Gasteiger charge is -2.18. The number of carbonyl (C=O) groups is 3. The second kappa shape index (κ2) is 69.8. The van der Waals surface area contributed by atoms with E-state index in [2.05, 4.69) is 167 Å². The molecule has 0 heterocycles. The van der Waals surface area contributed by atoms with Crippen LogP contribution in [-0.2, 0) is 28.6 Å². The second-order valence-electron chi connectivity index (χ2n) is 22.3. The molecule has 0 saturated heterocycles. The molecule has 0 fully saturated rings. The highest BCUT2D eigenvalue weighted by Gasteiger charge is 2.19. The van der Waals surface area contributed by atoms with Crippen molar-refractivity contribution in [1.82, 2.24) is 0 Å². The summed E-state index contributed by atoms with van der Waals surface area (Å²) in [7, 11) is 0. The predicted molar refractivity (Wildman–Crippen MR) is 362 cm³/mol. The van der Waals surface area contributed by atoms with Crippen LogP contribution in [0, 0.1) is 0 Å². The topological polar surface area (TPSA) is 78.9 Å². The number of hydrogen-bond acceptors (Lipinski definition) is 6. The average molecular weight is 1150 g/mol. The van der Waals surface area contributed by atoms with Gasteiger partial charge < -0.3 is 14.2 Å². The van der Waals surface area contributed by atoms with Gasteiger partial charge in [0.1, 0.15) is 13.2 Å². The molecule has 0 bridgehead atoms. The lowest BCUT2D eigenvalue weighted by Crippen LogP contribution is -2.30. The number of unbranched alkanes of at least 4 members (excludes halogenated alkanes) is 26. The molecule has 0 aliphatic heterocycles. The molecule has 0 rings (SSSR count). The Morgan fingerprint density at radius 1 is 0.253 bits per heavy atom. The second-order valence-corrected chi connectivity index (χ2v) is 22.3. The van der Waals surface area contributed by atoms with Crippen LogP contribution in [0.4, 0.5) is 0 Å². The number of allylic oxidation sites excluding steroid dienone is 24. The van der Waals surface area contributed by atoms with Crippen LogP contribution in [0.1, 0.15) is 303 Å². The Hall–Kier alpha value is -4.71. The van der Waals surface area contributed by atoms with Crippen molar-refractivity contribution in [3.05, 3.63) is 146 Å². The van der Waals surface area contributed by atoms with Crippen LogP contribution in [0.15, 0.2) is 146 Å². The lowest BCUT2D eigenvalue weighted by molar-refractivity contribution is -0.167. The molecule has 83 heavy (non-hydrogen) atoms. The van der Waals surface area contributed by atoms with Gasteiger partial charge in [-0.3, -0.25) is 14.4 Å². The normalized spacial score (nSPS) is 13.0. The Balaban J connectivity index is 4.29. The van der Waals surface area contributed by atoms with Gasteiger partial charge in [-0.1, -0.05) is 295 Å². The third-order valence-corrected chi connectivity index (χ3v) is 14.3. The number of hydrogen-bond donors (Lipinski definition) is 0. The summed E-state index contributed by atoms with van der Waals surface area (Å²) < 4.78 is 16.9. The Morgan fingerprint density at radius 3 is 0.747 bits per heavy atom. The summed E-state index contributed by atoms with van der Waals surface area (Å²) in [5.74, 6) is -0.913. The van der Waals surface area contributed by atoms with Crippen LogP contribution < -0.4 is 0 Å². The maximum Gasteiger partial charge on any atom is 0.306 e. The summed E-state index contributed by atoms with van der Waals surface area (Å²) in [6.07, 6.45) is 100. The minimum absolute atomic E-state index is 0.0907. The maximum atomic E-state index is 12.9. The van der Waals surface area contributed by atoms with Gasteiger partial charge in [0.05, 0.1) is 0 Å². The highest BCUT2D eigenvalue weighted by Crippen LogP contribution is 2.16. The van der Waals surface area contributed by atoms with E-state index in [0.717, 1.165) is 154 Å². The smallest absolute Gasteiger partial charge is 0.306 e. The zero-order chi connectivity index (χ0) is 59.9. The van der Waals surface area contributed by atoms with E-state index < -0.39 is 6.10 Å². The molecule has 0 spiro atoms. The summed E-state index contributed by atoms with van der Waals surface area (Å²) in [5.41, 5.74) is 0. The molecule has 6 nitrogen and oxygen atoms in total. The molecule has 1 atom stereocenters. The molecule has 1 unspecified atom stereocenters. The third kappa shape index (κ3) is 68.0. The first-order valence-electron chi connectivity index (χ1n) is 34.3. The molecule has 0 N–H and O–H groups in total. The minimum Gasteiger partial charge on any atom is -0.462 e. The Morgan fingerprint density at radius 2 is 0.470 bits per heavy atom. The molecule has 470 valence electrons. The van der Waals surface area contributed by atoms with E-state index >= 15 is 0 Å². The first-order valence-corrected chi connectivity index (χ1v) is 34.3. The van der Waals surface area contributed by atoms with Gasteiger partial charge in [-0.2, -0.15) is 0 Å². The largest absolute Gasteiger partial charge is 0.462 e. The van der Waals surface area contributed by atoms with Crippen molar-refractivity contribution in [2.45, 2.75) is 309 Å². The van der Waals surface area contributed by atoms with E-state index in [9.17, 15) is 14.4 Å². The van der Waals surface area contributed by atoms with Crippen molar-refractivity contribution >= 4 is 17.9 Å². The standard InChI is InChI=1S/C77H126O6/c1-4-7-10-13-16-19-22-24-26-28-30-32-34-36-37-38-39-41-42-44-46-48-50-52-55-58-61-64-67-70-76(79)82-73-74(72-81-75(78)69-66-63-60-57-54-21-18-15-12-9-6-3)83-77(80)71-68-65-62-59-56-53-51-49-47-45-43-40-35-33-31-29-27-25-23-20-17-14-11-8-5-2/h7-8,10-11,15-20,24-27,30-33,36-37,40,43,47,49,74H,4-6,9,12-14,21-23,28-29,34-35,38-39,41-42,44-46,48,50-73H2,1-3H3/b10-7-,11-8-,18-15-,19-16-,20-17-,26-24-,27-25-,32-30-,33-31-,37-36-,43-40-,49-47-. The van der Waals surface area contributed by atoms with Gasteiger partial charge >= 0.3 is 17.9 Å². The van der Waals surface area contributed by atoms with Gasteiger partial charge in [0.2, 0.25) is 0 Å². The minimum atomic E-state index is -0.796. The fourth-order valence-corrected chi connectivity index (χ4v) is 9.22. The maximum absolute atomic E-state index is 12.9. The number of ether oxygens (including phenoxy) is 3. The Labute approximate surface area is 512 Å². The summed E-state index contributed by atoms with van der Waals surface area (Å²) >= 11 is 0. The SMILES string of the molecule is CC/C=C\C/C=C\C/C=C\C/C=C\C/C=C\C/C=C\CCCCCCCCC(=O)OC(COC(=O)CCCCCCC/C=C\CCCC)COC(=O)CCCCCCCCCCCCCCC/C=C\C/C=C\C/C=C\C/C=C\C/C=C\CC. The van der Waals surface area contributed by atoms with Crippen molar-refractivity contribution < 1.29 is 28.6 Å². The number of esters is 3. The summed E-state index contributed by atoms with van der Waals surface area (Å²) in [6, 6.07) is 0. The van der Waals surface area contributed by atoms with Crippen molar-refractivity contribution in [2.75, 3.05) is 13.2 Å². The van der Waals surface area contributed by atoms with Gasteiger partial charge in [-0.15, -0.1) is 0 Å². The number of rotatable bonds is 61. The van der Waals surface area contributed by atoms with E-state index in [0.29, 0.717) is 19.3 Å². The molecule has 0 saturated carbocycles. The molecule has 0 aliphatic carbocycles. The molecule has 0 radical (unpaired) electrons. The first kappa shape index (κ1) is 78.3. The van der Waals surface area contributed by atoms with Crippen LogP contribution in [0.2, 0.25) is 0 Å². The lowest BCUT2D eigenvalue weighted by atomic mass is 10.0. The Kier molecular flexibility index (Phi) is 65.8. The van der Waals surface area contributed by atoms with Crippen LogP contribution in [0.25, 0.3) is 0 Å². The number of carbonyl (C=O) groups excluding carboxylic acids is 3. The average Bonchev–Trinajstić information content (AvgIpc) is 3.48. The fraction of sp³-hybridized carbons (Fsp3) is 0.649. The molecule has 0 aromatic carbocycles. The molecule has 0 amide bonds. The molecular formula is C77H126O6. The molecule has 0 aliphatic rings. The fourth-order valence-electron chi connectivity index (χ4n) is 9.22. The van der Waals surface area contributed by atoms with Crippen LogP contribution in [0.3, 0.4) is 0 Å². The van der Waals surface area contributed by atoms with Gasteiger partial charge in [-0.05, 0) is 135 Å². The third-order valence-electron chi connectivity index (χ3n) is 14.3. The molecule has 0 aromatic rings. The summed E-state index contributed by atoms with van der Waals surface area (Å²) in [4.78, 5) is 38.4. The van der Waals surface area contributed by atoms with Crippen molar-refractivity contribution in [3.63, 3.8) is 0 Å². The van der Waals surface area contributed by atoms with Crippen molar-refractivity contribution in [2.24, 2.45) is 0 Å². The van der Waals surface area contributed by atoms with Crippen molar-refractivity contribution in [1.29, 1.82) is 0 Å². The summed E-state index contributed by atoms with van der Waals surface area (Å²) in [5, 5.41) is 0. The van der Waals surface area contributed by atoms with Crippen molar-refractivity contribution in [3.8, 4) is 0 Å². The first-order chi connectivity index (χ1) is 41.0. The van der Waals surface area contributed by atoms with Gasteiger partial charge in [0, 0.05) is 19.3 Å². The van der Waals surface area contributed by atoms with Crippen LogP contribution in [0.5, 0.6) is 0 Å². The van der Waals surface area contributed by atoms with Gasteiger partial charge in [0.25, 0.3) is 0 Å². The van der Waals surface area contributed by atoms with Gasteiger partial charge in [0.15, 0.2) is 6.10 Å². The monoisotopic (exact) mass is 1150 g/mol. The van der Waals surface area contributed by atoms with Gasteiger partial charge in [-0.25, -0.2) is 0 Å². The Bertz CT molecular complexity index is 1800. The van der Waals surface area contributed by atoms with E-state index in [1.807, 2.05) is 0 Å². The van der Waals surface area contributed by atoms with E-state index in [4.69, 9.17) is 14.2 Å². The molecule has 0 aromatic heterocycles. The zero-order valence-electron chi connectivity index (χ0n) is 53.9. The zero-order valence-corrected chi connectivity index (χ0v) is 53.9. The highest BCUT2D eigenvalue weighted by atomic mass is 16.6. The summed E-state index contributed by atoms with van der Waals surface area (Å²) in [6.45, 7) is 6.37. The van der Waals surface area contributed by atoms with Crippen LogP contribution in [-0.4, -0.2) is 37.2 Å². The highest BCUT2D eigenvalue weighted by molar-refractivity contribution is 5.71. The van der Waals surface area contributed by atoms with E-state index in [-0.39, 0.29) is 31.1 Å². The van der Waals surface area contributed by atoms with E-state index in [1.165, 1.54) is 109 Å². The van der Waals surface area contributed by atoms with E-state index in [1.54, 1.807) is 0 Å². The molecular weight excluding hydrogens is 1020 g/mol.